The van der Waals surface area contributed by atoms with Gasteiger partial charge in [0.15, 0.2) is 5.82 Å². The first kappa shape index (κ1) is 20.5. The molecule has 6 nitrogen and oxygen atoms in total. The summed E-state index contributed by atoms with van der Waals surface area (Å²) in [5.41, 5.74) is -0.708. The molecule has 0 atom stereocenters. The molecule has 0 aliphatic carbocycles. The van der Waals surface area contributed by atoms with E-state index in [1.165, 1.54) is 23.3 Å². The summed E-state index contributed by atoms with van der Waals surface area (Å²) >= 11 is 0. The van der Waals surface area contributed by atoms with E-state index < -0.39 is 17.7 Å². The summed E-state index contributed by atoms with van der Waals surface area (Å²) in [7, 11) is 0. The molecule has 0 spiro atoms. The van der Waals surface area contributed by atoms with Crippen molar-refractivity contribution in [1.29, 1.82) is 0 Å². The Morgan fingerprint density at radius 2 is 1.85 bits per heavy atom. The Bertz CT molecular complexity index is 827. The van der Waals surface area contributed by atoms with Gasteiger partial charge in [-0.2, -0.15) is 13.2 Å². The van der Waals surface area contributed by atoms with Crippen molar-refractivity contribution < 1.29 is 27.4 Å². The number of benzene rings is 1. The predicted octanol–water partition coefficient (Wildman–Crippen LogP) is 4.17. The highest BCUT2D eigenvalue weighted by Crippen LogP contribution is 2.35. The van der Waals surface area contributed by atoms with Crippen LogP contribution in [0.1, 0.15) is 33.3 Å². The smallest absolute Gasteiger partial charge is 0.416 e. The van der Waals surface area contributed by atoms with Gasteiger partial charge in [-0.15, -0.1) is 5.10 Å². The van der Waals surface area contributed by atoms with Gasteiger partial charge < -0.3 is 9.47 Å². The summed E-state index contributed by atoms with van der Waals surface area (Å²) in [5.74, 6) is -0.424. The maximum atomic E-state index is 13.2. The first-order valence-electron chi connectivity index (χ1n) is 8.24. The minimum atomic E-state index is -4.53. The van der Waals surface area contributed by atoms with E-state index in [4.69, 9.17) is 9.47 Å². The average molecular weight is 383 g/mol. The zero-order valence-electron chi connectivity index (χ0n) is 15.3. The van der Waals surface area contributed by atoms with E-state index in [-0.39, 0.29) is 29.3 Å². The largest absolute Gasteiger partial charge is 0.491 e. The van der Waals surface area contributed by atoms with Crippen LogP contribution in [0.15, 0.2) is 30.6 Å². The zero-order chi connectivity index (χ0) is 20.2. The van der Waals surface area contributed by atoms with Gasteiger partial charge in [-0.1, -0.05) is 0 Å². The molecule has 0 bridgehead atoms. The number of ether oxygens (including phenoxy) is 2. The second-order valence-electron chi connectivity index (χ2n) is 6.26. The van der Waals surface area contributed by atoms with E-state index in [1.807, 2.05) is 0 Å². The molecule has 0 amide bonds. The van der Waals surface area contributed by atoms with Crippen LogP contribution in [0.2, 0.25) is 0 Å². The van der Waals surface area contributed by atoms with Gasteiger partial charge >= 0.3 is 12.1 Å². The van der Waals surface area contributed by atoms with Gasteiger partial charge in [0.2, 0.25) is 0 Å². The minimum Gasteiger partial charge on any atom is -0.491 e. The zero-order valence-corrected chi connectivity index (χ0v) is 15.3. The molecule has 0 radical (unpaired) electrons. The van der Waals surface area contributed by atoms with Gasteiger partial charge in [-0.05, 0) is 45.9 Å². The molecule has 0 saturated heterocycles. The maximum absolute atomic E-state index is 13.2. The molecule has 2 rings (SSSR count). The van der Waals surface area contributed by atoms with Crippen LogP contribution in [0.4, 0.5) is 13.2 Å². The highest BCUT2D eigenvalue weighted by Gasteiger charge is 2.32. The Kier molecular flexibility index (Phi) is 6.24. The molecule has 1 heterocycles. The number of alkyl halides is 3. The van der Waals surface area contributed by atoms with Gasteiger partial charge in [0.1, 0.15) is 12.1 Å². The first-order chi connectivity index (χ1) is 12.5. The molecule has 1 aromatic carbocycles. The molecule has 2 aromatic rings. The van der Waals surface area contributed by atoms with Crippen molar-refractivity contribution in [2.45, 2.75) is 46.1 Å². The Morgan fingerprint density at radius 3 is 2.44 bits per heavy atom. The fourth-order valence-electron chi connectivity index (χ4n) is 2.12. The number of esters is 1. The number of nitrogens with zero attached hydrogens (tertiary/aromatic N) is 3. The van der Waals surface area contributed by atoms with Crippen molar-refractivity contribution in [2.75, 3.05) is 0 Å². The third-order valence-electron chi connectivity index (χ3n) is 3.09. The number of aromatic nitrogens is 3. The monoisotopic (exact) mass is 383 g/mol. The molecule has 0 saturated carbocycles. The number of carbonyl (C=O) groups excluding carboxylic acids is 1. The molecule has 1 aromatic heterocycles. The summed E-state index contributed by atoms with van der Waals surface area (Å²) in [5, 5.41) is 4.06. The summed E-state index contributed by atoms with van der Waals surface area (Å²) in [4.78, 5) is 15.5. The summed E-state index contributed by atoms with van der Waals surface area (Å²) in [6, 6.07) is 3.32. The number of hydrogen-bond donors (Lipinski definition) is 0. The van der Waals surface area contributed by atoms with Gasteiger partial charge in [0, 0.05) is 17.8 Å². The lowest BCUT2D eigenvalue weighted by Crippen LogP contribution is -2.09. The lowest BCUT2D eigenvalue weighted by Gasteiger charge is -2.14. The van der Waals surface area contributed by atoms with E-state index >= 15 is 0 Å². The van der Waals surface area contributed by atoms with Crippen molar-refractivity contribution in [3.05, 3.63) is 36.2 Å². The standard InChI is InChI=1S/C18H20F3N3O3/c1-11(2)26-15-8-13(7-14(9-15)18(19,20)21)17-22-10-24(23-17)6-5-16(25)27-12(3)4/h5-12H,1-4H3/b6-5+. The topological polar surface area (TPSA) is 66.2 Å². The van der Waals surface area contributed by atoms with Crippen LogP contribution in [0.5, 0.6) is 5.75 Å². The number of rotatable bonds is 6. The molecule has 27 heavy (non-hydrogen) atoms. The van der Waals surface area contributed by atoms with Crippen molar-refractivity contribution >= 4 is 12.2 Å². The van der Waals surface area contributed by atoms with Crippen molar-refractivity contribution in [3.8, 4) is 17.1 Å². The second kappa shape index (κ2) is 8.24. The van der Waals surface area contributed by atoms with E-state index in [0.29, 0.717) is 0 Å². The quantitative estimate of drug-likeness (QED) is 0.553. The molecule has 0 unspecified atom stereocenters. The van der Waals surface area contributed by atoms with Crippen LogP contribution < -0.4 is 4.74 Å². The number of halogens is 3. The van der Waals surface area contributed by atoms with Crippen LogP contribution in [0.3, 0.4) is 0 Å². The maximum Gasteiger partial charge on any atom is 0.416 e. The number of hydrogen-bond acceptors (Lipinski definition) is 5. The highest BCUT2D eigenvalue weighted by atomic mass is 19.4. The first-order valence-corrected chi connectivity index (χ1v) is 8.24. The molecule has 146 valence electrons. The normalized spacial score (nSPS) is 12.2. The summed E-state index contributed by atoms with van der Waals surface area (Å²) < 4.78 is 51.0. The van der Waals surface area contributed by atoms with Crippen LogP contribution in [-0.4, -0.2) is 32.9 Å². The van der Waals surface area contributed by atoms with Gasteiger partial charge in [-0.3, -0.25) is 0 Å². The second-order valence-corrected chi connectivity index (χ2v) is 6.26. The lowest BCUT2D eigenvalue weighted by atomic mass is 10.1. The Morgan fingerprint density at radius 1 is 1.15 bits per heavy atom. The van der Waals surface area contributed by atoms with E-state index in [9.17, 15) is 18.0 Å². The molecular weight excluding hydrogens is 363 g/mol. The Balaban J connectivity index is 2.31. The van der Waals surface area contributed by atoms with Crippen LogP contribution in [-0.2, 0) is 15.7 Å². The fraction of sp³-hybridized carbons (Fsp3) is 0.389. The van der Waals surface area contributed by atoms with E-state index in [1.54, 1.807) is 27.7 Å². The third-order valence-corrected chi connectivity index (χ3v) is 3.09. The third kappa shape index (κ3) is 6.12. The average Bonchev–Trinajstić information content (AvgIpc) is 2.99. The molecule has 9 heteroatoms. The molecule has 0 fully saturated rings. The van der Waals surface area contributed by atoms with Gasteiger partial charge in [0.05, 0.1) is 17.8 Å². The van der Waals surface area contributed by atoms with Crippen molar-refractivity contribution in [1.82, 2.24) is 14.8 Å². The van der Waals surface area contributed by atoms with E-state index in [2.05, 4.69) is 10.1 Å². The minimum absolute atomic E-state index is 0.0663. The lowest BCUT2D eigenvalue weighted by molar-refractivity contribution is -0.141. The number of carbonyl (C=O) groups is 1. The van der Waals surface area contributed by atoms with Crippen LogP contribution in [0.25, 0.3) is 17.6 Å². The Labute approximate surface area is 154 Å². The van der Waals surface area contributed by atoms with E-state index in [0.717, 1.165) is 18.2 Å². The molecule has 0 aliphatic rings. The fourth-order valence-corrected chi connectivity index (χ4v) is 2.12. The SMILES string of the molecule is CC(C)OC(=O)/C=C/n1cnc(-c2cc(OC(C)C)cc(C(F)(F)F)c2)n1. The van der Waals surface area contributed by atoms with Crippen LogP contribution in [0, 0.1) is 0 Å². The van der Waals surface area contributed by atoms with Crippen molar-refractivity contribution in [2.24, 2.45) is 0 Å². The Hall–Kier alpha value is -2.84. The van der Waals surface area contributed by atoms with Crippen molar-refractivity contribution in [3.63, 3.8) is 0 Å². The summed E-state index contributed by atoms with van der Waals surface area (Å²) in [6.45, 7) is 6.86. The molecule has 0 N–H and O–H groups in total. The predicted molar refractivity (Wildman–Crippen MR) is 92.8 cm³/mol. The van der Waals surface area contributed by atoms with Crippen LogP contribution >= 0.6 is 0 Å². The molecular formula is C18H20F3N3O3. The molecule has 0 aliphatic heterocycles. The van der Waals surface area contributed by atoms with Gasteiger partial charge in [-0.25, -0.2) is 14.5 Å². The summed E-state index contributed by atoms with van der Waals surface area (Å²) in [6.07, 6.45) is -1.36. The highest BCUT2D eigenvalue weighted by molar-refractivity contribution is 5.85. The van der Waals surface area contributed by atoms with Gasteiger partial charge in [0.25, 0.3) is 0 Å².